The number of nitrogens with zero attached hydrogens (tertiary/aromatic N) is 3. The van der Waals surface area contributed by atoms with Crippen LogP contribution in [0.15, 0.2) is 47.6 Å². The lowest BCUT2D eigenvalue weighted by Crippen LogP contribution is -2.24. The first-order valence-corrected chi connectivity index (χ1v) is 10.2. The number of aliphatic hydroxyl groups excluding tert-OH is 1. The highest BCUT2D eigenvalue weighted by atomic mass is 32.2. The molecule has 1 aliphatic rings. The Kier molecular flexibility index (Phi) is 4.84. The molecule has 0 saturated heterocycles. The third kappa shape index (κ3) is 3.42. The van der Waals surface area contributed by atoms with Crippen LogP contribution < -0.4 is 0 Å². The van der Waals surface area contributed by atoms with Crippen LogP contribution in [0.2, 0.25) is 0 Å². The number of fused-ring (bicyclic) bond motifs is 1. The van der Waals surface area contributed by atoms with Crippen molar-refractivity contribution in [1.82, 2.24) is 14.8 Å². The maximum Gasteiger partial charge on any atom is 0.162 e. The summed E-state index contributed by atoms with van der Waals surface area (Å²) in [7, 11) is -1.01. The standard InChI is InChI=1S/C19H21N3O3S/c1-26(24)17-7-5-15(6-8-17)22-19-14(11-21-22)9-13(10-20-19)18(23)12-25-16-3-2-4-16/h5-11,16,18,23H,2-4,12H2,1H3/t18-,26?/m1/s1. The molecule has 0 spiro atoms. The molecule has 2 aromatic heterocycles. The molecule has 1 N–H and O–H groups in total. The van der Waals surface area contributed by atoms with Gasteiger partial charge in [-0.15, -0.1) is 0 Å². The lowest BCUT2D eigenvalue weighted by molar-refractivity contribution is -0.0427. The van der Waals surface area contributed by atoms with Crippen molar-refractivity contribution in [3.05, 3.63) is 48.3 Å². The highest BCUT2D eigenvalue weighted by Crippen LogP contribution is 2.25. The Morgan fingerprint density at radius 2 is 2.08 bits per heavy atom. The number of aromatic nitrogens is 3. The topological polar surface area (TPSA) is 77.2 Å². The van der Waals surface area contributed by atoms with Crippen LogP contribution in [0.1, 0.15) is 30.9 Å². The first-order valence-electron chi connectivity index (χ1n) is 8.69. The number of hydrogen-bond donors (Lipinski definition) is 1. The van der Waals surface area contributed by atoms with Gasteiger partial charge in [0.2, 0.25) is 0 Å². The molecule has 0 aliphatic heterocycles. The molecule has 1 saturated carbocycles. The van der Waals surface area contributed by atoms with Crippen LogP contribution >= 0.6 is 0 Å². The molecular formula is C19H21N3O3S. The Morgan fingerprint density at radius 1 is 1.31 bits per heavy atom. The van der Waals surface area contributed by atoms with Crippen LogP contribution in [-0.2, 0) is 15.5 Å². The van der Waals surface area contributed by atoms with E-state index in [9.17, 15) is 9.32 Å². The summed E-state index contributed by atoms with van der Waals surface area (Å²) in [5.74, 6) is 0. The average Bonchev–Trinajstić information content (AvgIpc) is 3.03. The predicted octanol–water partition coefficient (Wildman–Crippen LogP) is 2.76. The van der Waals surface area contributed by atoms with E-state index in [-0.39, 0.29) is 0 Å². The van der Waals surface area contributed by atoms with E-state index in [1.165, 1.54) is 6.42 Å². The van der Waals surface area contributed by atoms with Crippen molar-refractivity contribution >= 4 is 21.8 Å². The van der Waals surface area contributed by atoms with Crippen LogP contribution in [0.25, 0.3) is 16.7 Å². The molecule has 0 radical (unpaired) electrons. The van der Waals surface area contributed by atoms with Crippen LogP contribution in [0.5, 0.6) is 0 Å². The number of benzene rings is 1. The second-order valence-electron chi connectivity index (χ2n) is 6.59. The van der Waals surface area contributed by atoms with Crippen molar-refractivity contribution in [1.29, 1.82) is 0 Å². The Hall–Kier alpha value is -2.09. The van der Waals surface area contributed by atoms with Crippen molar-refractivity contribution < 1.29 is 14.1 Å². The zero-order valence-electron chi connectivity index (χ0n) is 14.5. The zero-order chi connectivity index (χ0) is 18.1. The fraction of sp³-hybridized carbons (Fsp3) is 0.368. The Bertz CT molecular complexity index is 935. The molecular weight excluding hydrogens is 350 g/mol. The molecule has 3 aromatic rings. The second kappa shape index (κ2) is 7.26. The minimum Gasteiger partial charge on any atom is -0.386 e. The molecule has 1 fully saturated rings. The van der Waals surface area contributed by atoms with E-state index in [4.69, 9.17) is 4.74 Å². The summed E-state index contributed by atoms with van der Waals surface area (Å²) in [6, 6.07) is 9.31. The van der Waals surface area contributed by atoms with E-state index in [1.54, 1.807) is 23.3 Å². The number of aliphatic hydroxyl groups is 1. The van der Waals surface area contributed by atoms with Crippen molar-refractivity contribution in [2.24, 2.45) is 0 Å². The molecule has 6 nitrogen and oxygen atoms in total. The fourth-order valence-corrected chi connectivity index (χ4v) is 3.47. The number of pyridine rings is 1. The van der Waals surface area contributed by atoms with Gasteiger partial charge in [0.15, 0.2) is 5.65 Å². The molecule has 2 heterocycles. The zero-order valence-corrected chi connectivity index (χ0v) is 15.4. The third-order valence-electron chi connectivity index (χ3n) is 4.77. The summed E-state index contributed by atoms with van der Waals surface area (Å²) in [6.07, 6.45) is 8.05. The van der Waals surface area contributed by atoms with E-state index in [0.29, 0.717) is 18.4 Å². The van der Waals surface area contributed by atoms with Gasteiger partial charge in [-0.25, -0.2) is 9.67 Å². The Morgan fingerprint density at radius 3 is 2.73 bits per heavy atom. The fourth-order valence-electron chi connectivity index (χ4n) is 2.95. The molecule has 1 aliphatic carbocycles. The van der Waals surface area contributed by atoms with E-state index >= 15 is 0 Å². The lowest BCUT2D eigenvalue weighted by atomic mass is 9.96. The molecule has 26 heavy (non-hydrogen) atoms. The molecule has 1 aromatic carbocycles. The van der Waals surface area contributed by atoms with Gasteiger partial charge >= 0.3 is 0 Å². The van der Waals surface area contributed by atoms with E-state index in [1.807, 2.05) is 30.3 Å². The normalized spacial score (nSPS) is 17.2. The quantitative estimate of drug-likeness (QED) is 0.721. The van der Waals surface area contributed by atoms with Gasteiger partial charge in [-0.2, -0.15) is 5.10 Å². The first-order chi connectivity index (χ1) is 12.6. The molecule has 136 valence electrons. The largest absolute Gasteiger partial charge is 0.386 e. The summed E-state index contributed by atoms with van der Waals surface area (Å²) in [5.41, 5.74) is 2.29. The minimum atomic E-state index is -1.01. The van der Waals surface area contributed by atoms with Crippen molar-refractivity contribution in [3.8, 4) is 5.69 Å². The minimum absolute atomic E-state index is 0.293. The Balaban J connectivity index is 1.55. The second-order valence-corrected chi connectivity index (χ2v) is 7.97. The van der Waals surface area contributed by atoms with Crippen LogP contribution in [0.4, 0.5) is 0 Å². The van der Waals surface area contributed by atoms with E-state index in [0.717, 1.165) is 34.4 Å². The van der Waals surface area contributed by atoms with E-state index in [2.05, 4.69) is 10.1 Å². The van der Waals surface area contributed by atoms with Gasteiger partial charge < -0.3 is 9.84 Å². The van der Waals surface area contributed by atoms with Gasteiger partial charge in [-0.1, -0.05) is 0 Å². The highest BCUT2D eigenvalue weighted by molar-refractivity contribution is 7.84. The van der Waals surface area contributed by atoms with Gasteiger partial charge in [0.05, 0.1) is 24.6 Å². The molecule has 0 bridgehead atoms. The lowest BCUT2D eigenvalue weighted by Gasteiger charge is -2.26. The number of hydrogen-bond acceptors (Lipinski definition) is 5. The molecule has 0 amide bonds. The van der Waals surface area contributed by atoms with Gasteiger partial charge in [-0.3, -0.25) is 4.21 Å². The Labute approximate surface area is 154 Å². The van der Waals surface area contributed by atoms with Crippen LogP contribution in [0, 0.1) is 0 Å². The van der Waals surface area contributed by atoms with Gasteiger partial charge in [0, 0.05) is 39.1 Å². The molecule has 1 unspecified atom stereocenters. The number of ether oxygens (including phenoxy) is 1. The van der Waals surface area contributed by atoms with Crippen molar-refractivity contribution in [2.75, 3.05) is 12.9 Å². The first kappa shape index (κ1) is 17.3. The molecule has 7 heteroatoms. The van der Waals surface area contributed by atoms with Crippen molar-refractivity contribution in [3.63, 3.8) is 0 Å². The third-order valence-corrected chi connectivity index (χ3v) is 5.71. The highest BCUT2D eigenvalue weighted by Gasteiger charge is 2.20. The maximum atomic E-state index is 11.5. The predicted molar refractivity (Wildman–Crippen MR) is 99.7 cm³/mol. The van der Waals surface area contributed by atoms with Crippen LogP contribution in [0.3, 0.4) is 0 Å². The van der Waals surface area contributed by atoms with Crippen LogP contribution in [-0.4, -0.2) is 43.0 Å². The summed E-state index contributed by atoms with van der Waals surface area (Å²) in [5, 5.41) is 15.6. The monoisotopic (exact) mass is 371 g/mol. The van der Waals surface area contributed by atoms with Crippen molar-refractivity contribution in [2.45, 2.75) is 36.4 Å². The summed E-state index contributed by atoms with van der Waals surface area (Å²) < 4.78 is 18.9. The molecule has 4 rings (SSSR count). The van der Waals surface area contributed by atoms with Gasteiger partial charge in [0.1, 0.15) is 6.10 Å². The summed E-state index contributed by atoms with van der Waals surface area (Å²) in [4.78, 5) is 5.26. The molecule has 2 atom stereocenters. The number of rotatable bonds is 6. The van der Waals surface area contributed by atoms with E-state index < -0.39 is 16.9 Å². The SMILES string of the molecule is CS(=O)c1ccc(-n2ncc3cc([C@H](O)COC4CCC4)cnc32)cc1. The van der Waals surface area contributed by atoms with Gasteiger partial charge in [0.25, 0.3) is 0 Å². The maximum absolute atomic E-state index is 11.5. The average molecular weight is 371 g/mol. The van der Waals surface area contributed by atoms with Gasteiger partial charge in [-0.05, 0) is 49.6 Å². The summed E-state index contributed by atoms with van der Waals surface area (Å²) in [6.45, 7) is 0.293. The summed E-state index contributed by atoms with van der Waals surface area (Å²) >= 11 is 0. The smallest absolute Gasteiger partial charge is 0.162 e.